The number of oxazole rings is 1. The average molecular weight is 729 g/mol. The van der Waals surface area contributed by atoms with Gasteiger partial charge in [0.15, 0.2) is 27.2 Å². The number of alkyl halides is 3. The third-order valence-corrected chi connectivity index (χ3v) is 10.1. The molecule has 0 fully saturated rings. The number of aliphatic hydroxyl groups is 2. The Labute approximate surface area is 272 Å². The molecular formula is C30H25F5N3O7P2S+. The van der Waals surface area contributed by atoms with Crippen molar-refractivity contribution in [3.8, 4) is 50.9 Å². The topological polar surface area (TPSA) is 137 Å². The second-order valence-corrected chi connectivity index (χ2v) is 16.0. The molecule has 48 heavy (non-hydrogen) atoms. The highest BCUT2D eigenvalue weighted by Crippen LogP contribution is 2.74. The predicted molar refractivity (Wildman–Crippen MR) is 168 cm³/mol. The molecule has 2 atom stereocenters. The number of aromatic nitrogens is 3. The summed E-state index contributed by atoms with van der Waals surface area (Å²) in [6, 6.07) is 10.9. The van der Waals surface area contributed by atoms with Gasteiger partial charge in [0, 0.05) is 45.8 Å². The fourth-order valence-electron chi connectivity index (χ4n) is 5.26. The molecule has 0 spiro atoms. The van der Waals surface area contributed by atoms with Gasteiger partial charge in [0.2, 0.25) is 11.5 Å². The number of sulfone groups is 1. The van der Waals surface area contributed by atoms with Crippen LogP contribution in [0, 0.1) is 12.7 Å². The van der Waals surface area contributed by atoms with Crippen LogP contribution in [-0.2, 0) is 29.0 Å². The highest BCUT2D eigenvalue weighted by Gasteiger charge is 2.49. The van der Waals surface area contributed by atoms with Gasteiger partial charge >= 0.3 is 13.9 Å². The van der Waals surface area contributed by atoms with Crippen LogP contribution >= 0.6 is 16.6 Å². The Kier molecular flexibility index (Phi) is 8.62. The van der Waals surface area contributed by atoms with Crippen LogP contribution in [0.1, 0.15) is 23.0 Å². The standard InChI is InChI=1S/C30H25F5N3O7P2S/c1-15-36-26(30(32,33)34)13-38(15)22-5-3-16(18-10-21(31)20(14-40)25(12-18)48(2,41)42)9-19(22)28-29(43-27(37-28)7-8-39)17-4-6-23-24(11-17)45-47(35,46)44-23/h3-6,9-13,39-40H,7-8,14,46H2,1-2H3/q+1. The summed E-state index contributed by atoms with van der Waals surface area (Å²) < 4.78 is 114. The fourth-order valence-corrected chi connectivity index (χ4v) is 7.76. The summed E-state index contributed by atoms with van der Waals surface area (Å²) >= 11 is 0. The summed E-state index contributed by atoms with van der Waals surface area (Å²) in [4.78, 5) is 7.77. The Morgan fingerprint density at radius 1 is 0.979 bits per heavy atom. The molecule has 3 aromatic carbocycles. The lowest BCUT2D eigenvalue weighted by Crippen LogP contribution is -2.06. The zero-order valence-electron chi connectivity index (χ0n) is 24.9. The molecule has 0 bridgehead atoms. The lowest BCUT2D eigenvalue weighted by Gasteiger charge is -2.15. The normalized spacial score (nSPS) is 16.1. The molecule has 1 aliphatic heterocycles. The quantitative estimate of drug-likeness (QED) is 0.127. The molecule has 0 amide bonds. The zero-order chi connectivity index (χ0) is 34.8. The number of halogens is 5. The van der Waals surface area contributed by atoms with Crippen LogP contribution in [0.25, 0.3) is 39.4 Å². The van der Waals surface area contributed by atoms with Gasteiger partial charge in [0.25, 0.3) is 0 Å². The smallest absolute Gasteiger partial charge is 0.440 e. The Balaban J connectivity index is 1.62. The maximum atomic E-state index is 15.2. The summed E-state index contributed by atoms with van der Waals surface area (Å²) in [7, 11) is -5.87. The van der Waals surface area contributed by atoms with Crippen molar-refractivity contribution in [1.29, 1.82) is 0 Å². The molecule has 5 aromatic rings. The van der Waals surface area contributed by atoms with Gasteiger partial charge in [0.1, 0.15) is 26.3 Å². The van der Waals surface area contributed by atoms with Crippen LogP contribution in [0.4, 0.5) is 21.8 Å². The van der Waals surface area contributed by atoms with Crippen LogP contribution in [0.15, 0.2) is 64.0 Å². The highest BCUT2D eigenvalue weighted by molar-refractivity contribution is 8.17. The first-order chi connectivity index (χ1) is 22.5. The van der Waals surface area contributed by atoms with E-state index in [9.17, 15) is 36.0 Å². The first kappa shape index (κ1) is 33.9. The van der Waals surface area contributed by atoms with Gasteiger partial charge in [0.05, 0.1) is 23.8 Å². The van der Waals surface area contributed by atoms with Gasteiger partial charge in [-0.3, -0.25) is 9.05 Å². The van der Waals surface area contributed by atoms with Gasteiger partial charge < -0.3 is 19.2 Å². The molecule has 2 N–H and O–H groups in total. The van der Waals surface area contributed by atoms with E-state index in [2.05, 4.69) is 9.97 Å². The SMILES string of the molecule is Cc1nc(C(F)(F)F)cn1-c1ccc(-c2cc(F)c(CO)c(S(C)(=O)=O)c2)cc1-c1nc(CCO)oc1-c1ccc2c(c1)O[P+](F)(P)O2. The molecule has 1 aliphatic rings. The third kappa shape index (κ3) is 6.42. The van der Waals surface area contributed by atoms with Gasteiger partial charge in [-0.15, -0.1) is 0 Å². The molecule has 252 valence electrons. The Morgan fingerprint density at radius 3 is 2.33 bits per heavy atom. The van der Waals surface area contributed by atoms with E-state index >= 15 is 4.39 Å². The van der Waals surface area contributed by atoms with Crippen molar-refractivity contribution in [2.75, 3.05) is 12.9 Å². The van der Waals surface area contributed by atoms with Crippen molar-refractivity contribution in [2.24, 2.45) is 0 Å². The Bertz CT molecular complexity index is 2190. The largest absolute Gasteiger partial charge is 0.557 e. The molecular weight excluding hydrogens is 703 g/mol. The van der Waals surface area contributed by atoms with Crippen LogP contribution in [0.3, 0.4) is 0 Å². The minimum absolute atomic E-state index is 0.0403. The van der Waals surface area contributed by atoms with Crippen molar-refractivity contribution in [3.63, 3.8) is 0 Å². The molecule has 0 aliphatic carbocycles. The van der Waals surface area contributed by atoms with Gasteiger partial charge in [-0.1, -0.05) is 6.07 Å². The van der Waals surface area contributed by atoms with Crippen LogP contribution in [-0.4, -0.2) is 46.0 Å². The fraction of sp³-hybridized carbons (Fsp3) is 0.200. The van der Waals surface area contributed by atoms with E-state index < -0.39 is 52.3 Å². The van der Waals surface area contributed by atoms with Crippen LogP contribution in [0.2, 0.25) is 0 Å². The number of nitrogens with zero attached hydrogens (tertiary/aromatic N) is 3. The van der Waals surface area contributed by atoms with E-state index in [0.29, 0.717) is 5.56 Å². The lowest BCUT2D eigenvalue weighted by molar-refractivity contribution is -0.141. The van der Waals surface area contributed by atoms with Crippen molar-refractivity contribution in [3.05, 3.63) is 83.5 Å². The lowest BCUT2D eigenvalue weighted by atomic mass is 9.97. The van der Waals surface area contributed by atoms with Gasteiger partial charge in [-0.2, -0.15) is 13.2 Å². The number of rotatable bonds is 8. The van der Waals surface area contributed by atoms with Crippen LogP contribution < -0.4 is 9.05 Å². The third-order valence-electron chi connectivity index (χ3n) is 7.38. The second-order valence-electron chi connectivity index (χ2n) is 10.8. The molecule has 0 saturated heterocycles. The zero-order valence-corrected chi connectivity index (χ0v) is 27.8. The monoisotopic (exact) mass is 728 g/mol. The van der Waals surface area contributed by atoms with Crippen molar-refractivity contribution in [2.45, 2.75) is 31.0 Å². The second kappa shape index (κ2) is 12.2. The summed E-state index contributed by atoms with van der Waals surface area (Å²) in [6.07, 6.45) is -3.16. The maximum absolute atomic E-state index is 15.2. The minimum Gasteiger partial charge on any atom is -0.440 e. The van der Waals surface area contributed by atoms with Gasteiger partial charge in [-0.25, -0.2) is 22.8 Å². The molecule has 0 saturated carbocycles. The van der Waals surface area contributed by atoms with Crippen molar-refractivity contribution >= 4 is 26.5 Å². The van der Waals surface area contributed by atoms with E-state index in [0.717, 1.165) is 18.5 Å². The summed E-state index contributed by atoms with van der Waals surface area (Å²) in [5.74, 6) is -0.726. The Hall–Kier alpha value is -3.94. The van der Waals surface area contributed by atoms with E-state index in [1.165, 1.54) is 54.0 Å². The molecule has 3 heterocycles. The summed E-state index contributed by atoms with van der Waals surface area (Å²) in [6.45, 7) is 0.117. The molecule has 6 rings (SSSR count). The molecule has 10 nitrogen and oxygen atoms in total. The summed E-state index contributed by atoms with van der Waals surface area (Å²) in [5, 5.41) is 19.3. The van der Waals surface area contributed by atoms with E-state index in [-0.39, 0.29) is 70.1 Å². The number of aryl methyl sites for hydroxylation is 1. The average Bonchev–Trinajstić information content (AvgIpc) is 3.69. The number of hydrogen-bond acceptors (Lipinski definition) is 9. The molecule has 18 heteroatoms. The number of imidazole rings is 1. The number of aliphatic hydroxyl groups excluding tert-OH is 2. The predicted octanol–water partition coefficient (Wildman–Crippen LogP) is 7.05. The van der Waals surface area contributed by atoms with Gasteiger partial charge in [-0.05, 0) is 54.4 Å². The minimum atomic E-state index is -4.77. The van der Waals surface area contributed by atoms with Crippen LogP contribution in [0.5, 0.6) is 11.5 Å². The number of hydrogen-bond donors (Lipinski definition) is 2. The first-order valence-corrected chi connectivity index (χ1v) is 18.9. The van der Waals surface area contributed by atoms with Crippen molar-refractivity contribution in [1.82, 2.24) is 14.5 Å². The van der Waals surface area contributed by atoms with E-state index in [4.69, 9.17) is 13.5 Å². The Morgan fingerprint density at radius 2 is 1.69 bits per heavy atom. The molecule has 0 radical (unpaired) electrons. The molecule has 2 aromatic heterocycles. The number of fused-ring (bicyclic) bond motifs is 1. The van der Waals surface area contributed by atoms with E-state index in [1.54, 1.807) is 0 Å². The maximum Gasteiger partial charge on any atom is 0.557 e. The number of benzene rings is 3. The van der Waals surface area contributed by atoms with Crippen molar-refractivity contribution < 1.29 is 53.9 Å². The summed E-state index contributed by atoms with van der Waals surface area (Å²) in [5.41, 5.74) is -0.623. The molecule has 2 unspecified atom stereocenters. The van der Waals surface area contributed by atoms with E-state index in [1.807, 2.05) is 8.93 Å². The first-order valence-electron chi connectivity index (χ1n) is 13.9. The highest BCUT2D eigenvalue weighted by atomic mass is 32.2.